The van der Waals surface area contributed by atoms with E-state index in [1.165, 1.54) is 26.2 Å². The summed E-state index contributed by atoms with van der Waals surface area (Å²) in [4.78, 5) is 5.07. The SMILES string of the molecule is CC(C)N1CCN(C[C@@H]2CO2)CC1. The lowest BCUT2D eigenvalue weighted by atomic mass is 10.2. The maximum absolute atomic E-state index is 5.23. The van der Waals surface area contributed by atoms with Crippen LogP contribution in [0.4, 0.5) is 0 Å². The van der Waals surface area contributed by atoms with Crippen LogP contribution in [0.15, 0.2) is 0 Å². The second-order valence-corrected chi connectivity index (χ2v) is 4.39. The Bertz CT molecular complexity index is 160. The fraction of sp³-hybridized carbons (Fsp3) is 1.00. The highest BCUT2D eigenvalue weighted by Crippen LogP contribution is 2.13. The van der Waals surface area contributed by atoms with E-state index in [2.05, 4.69) is 23.6 Å². The van der Waals surface area contributed by atoms with Crippen LogP contribution in [-0.4, -0.2) is 61.3 Å². The zero-order valence-electron chi connectivity index (χ0n) is 8.70. The Morgan fingerprint density at radius 3 is 2.31 bits per heavy atom. The van der Waals surface area contributed by atoms with Crippen LogP contribution in [0.3, 0.4) is 0 Å². The molecule has 2 aliphatic rings. The maximum Gasteiger partial charge on any atom is 0.0936 e. The minimum Gasteiger partial charge on any atom is -0.372 e. The summed E-state index contributed by atoms with van der Waals surface area (Å²) in [5.41, 5.74) is 0. The minimum absolute atomic E-state index is 0.561. The van der Waals surface area contributed by atoms with Gasteiger partial charge in [0.05, 0.1) is 12.7 Å². The zero-order valence-corrected chi connectivity index (χ0v) is 8.70. The molecule has 0 spiro atoms. The van der Waals surface area contributed by atoms with Gasteiger partial charge in [0.1, 0.15) is 0 Å². The molecule has 2 heterocycles. The quantitative estimate of drug-likeness (QED) is 0.592. The number of piperazine rings is 1. The van der Waals surface area contributed by atoms with E-state index in [1.54, 1.807) is 0 Å². The third-order valence-corrected chi connectivity index (χ3v) is 3.00. The van der Waals surface area contributed by atoms with Crippen LogP contribution in [0.2, 0.25) is 0 Å². The van der Waals surface area contributed by atoms with Crippen molar-refractivity contribution in [1.29, 1.82) is 0 Å². The summed E-state index contributed by atoms with van der Waals surface area (Å²) in [5, 5.41) is 0. The summed E-state index contributed by atoms with van der Waals surface area (Å²) in [6.07, 6.45) is 0.561. The zero-order chi connectivity index (χ0) is 9.26. The molecule has 0 saturated carbocycles. The predicted octanol–water partition coefficient (Wildman–Crippen LogP) is 0.411. The van der Waals surface area contributed by atoms with Gasteiger partial charge in [-0.25, -0.2) is 0 Å². The Labute approximate surface area is 80.6 Å². The summed E-state index contributed by atoms with van der Waals surface area (Å²) >= 11 is 0. The van der Waals surface area contributed by atoms with Crippen molar-refractivity contribution in [3.63, 3.8) is 0 Å². The molecule has 2 saturated heterocycles. The van der Waals surface area contributed by atoms with Crippen molar-refractivity contribution in [1.82, 2.24) is 9.80 Å². The van der Waals surface area contributed by atoms with Gasteiger partial charge in [0, 0.05) is 38.8 Å². The molecular weight excluding hydrogens is 164 g/mol. The Morgan fingerprint density at radius 1 is 1.23 bits per heavy atom. The van der Waals surface area contributed by atoms with Crippen molar-refractivity contribution in [2.24, 2.45) is 0 Å². The first-order valence-corrected chi connectivity index (χ1v) is 5.33. The van der Waals surface area contributed by atoms with Gasteiger partial charge in [0.25, 0.3) is 0 Å². The Kier molecular flexibility index (Phi) is 2.86. The van der Waals surface area contributed by atoms with Gasteiger partial charge in [0.15, 0.2) is 0 Å². The van der Waals surface area contributed by atoms with E-state index >= 15 is 0 Å². The van der Waals surface area contributed by atoms with Crippen LogP contribution in [0.25, 0.3) is 0 Å². The van der Waals surface area contributed by atoms with E-state index in [4.69, 9.17) is 4.74 Å². The fourth-order valence-corrected chi connectivity index (χ4v) is 1.92. The highest BCUT2D eigenvalue weighted by molar-refractivity contribution is 4.79. The van der Waals surface area contributed by atoms with Crippen molar-refractivity contribution in [2.75, 3.05) is 39.3 Å². The molecule has 0 amide bonds. The monoisotopic (exact) mass is 184 g/mol. The van der Waals surface area contributed by atoms with Gasteiger partial charge in [0.2, 0.25) is 0 Å². The lowest BCUT2D eigenvalue weighted by Crippen LogP contribution is -2.49. The van der Waals surface area contributed by atoms with Crippen molar-refractivity contribution in [2.45, 2.75) is 26.0 Å². The topological polar surface area (TPSA) is 19.0 Å². The summed E-state index contributed by atoms with van der Waals surface area (Å²) in [5.74, 6) is 0. The first-order chi connectivity index (χ1) is 6.25. The van der Waals surface area contributed by atoms with E-state index in [0.717, 1.165) is 13.2 Å². The van der Waals surface area contributed by atoms with Gasteiger partial charge in [-0.2, -0.15) is 0 Å². The number of hydrogen-bond acceptors (Lipinski definition) is 3. The van der Waals surface area contributed by atoms with E-state index in [1.807, 2.05) is 0 Å². The van der Waals surface area contributed by atoms with Crippen molar-refractivity contribution in [3.05, 3.63) is 0 Å². The lowest BCUT2D eigenvalue weighted by molar-refractivity contribution is 0.103. The minimum atomic E-state index is 0.561. The van der Waals surface area contributed by atoms with Crippen molar-refractivity contribution < 1.29 is 4.74 Å². The van der Waals surface area contributed by atoms with Crippen LogP contribution < -0.4 is 0 Å². The van der Waals surface area contributed by atoms with Gasteiger partial charge in [-0.1, -0.05) is 0 Å². The summed E-state index contributed by atoms with van der Waals surface area (Å²) < 4.78 is 5.23. The second-order valence-electron chi connectivity index (χ2n) is 4.39. The Balaban J connectivity index is 1.69. The van der Waals surface area contributed by atoms with Crippen LogP contribution >= 0.6 is 0 Å². The van der Waals surface area contributed by atoms with Crippen LogP contribution in [-0.2, 0) is 4.74 Å². The lowest BCUT2D eigenvalue weighted by Gasteiger charge is -2.36. The standard InChI is InChI=1S/C10H20N2O/c1-9(2)12-5-3-11(4-6-12)7-10-8-13-10/h9-10H,3-8H2,1-2H3/t10-/m1/s1. The number of rotatable bonds is 3. The van der Waals surface area contributed by atoms with Gasteiger partial charge < -0.3 is 4.74 Å². The highest BCUT2D eigenvalue weighted by atomic mass is 16.6. The first-order valence-electron chi connectivity index (χ1n) is 5.33. The Morgan fingerprint density at radius 2 is 1.85 bits per heavy atom. The van der Waals surface area contributed by atoms with E-state index < -0.39 is 0 Å². The van der Waals surface area contributed by atoms with Gasteiger partial charge in [-0.3, -0.25) is 9.80 Å². The van der Waals surface area contributed by atoms with Gasteiger partial charge in [-0.15, -0.1) is 0 Å². The molecule has 2 rings (SSSR count). The van der Waals surface area contributed by atoms with Gasteiger partial charge in [-0.05, 0) is 13.8 Å². The largest absolute Gasteiger partial charge is 0.372 e. The number of ether oxygens (including phenoxy) is 1. The van der Waals surface area contributed by atoms with Crippen molar-refractivity contribution in [3.8, 4) is 0 Å². The summed E-state index contributed by atoms with van der Waals surface area (Å²) in [6, 6.07) is 0.708. The number of epoxide rings is 1. The molecule has 0 bridgehead atoms. The second kappa shape index (κ2) is 3.95. The predicted molar refractivity (Wildman–Crippen MR) is 52.9 cm³/mol. The number of nitrogens with zero attached hydrogens (tertiary/aromatic N) is 2. The average molecular weight is 184 g/mol. The third kappa shape index (κ3) is 2.66. The molecule has 2 fully saturated rings. The molecule has 0 aromatic carbocycles. The molecule has 76 valence electrons. The average Bonchev–Trinajstić information content (AvgIpc) is 2.89. The van der Waals surface area contributed by atoms with Crippen LogP contribution in [0.1, 0.15) is 13.8 Å². The fourth-order valence-electron chi connectivity index (χ4n) is 1.92. The number of hydrogen-bond donors (Lipinski definition) is 0. The van der Waals surface area contributed by atoms with Crippen LogP contribution in [0.5, 0.6) is 0 Å². The highest BCUT2D eigenvalue weighted by Gasteiger charge is 2.27. The molecule has 0 aliphatic carbocycles. The summed E-state index contributed by atoms with van der Waals surface area (Å²) in [7, 11) is 0. The van der Waals surface area contributed by atoms with E-state index in [0.29, 0.717) is 12.1 Å². The summed E-state index contributed by atoms with van der Waals surface area (Å²) in [6.45, 7) is 11.6. The van der Waals surface area contributed by atoms with Crippen LogP contribution in [0, 0.1) is 0 Å². The smallest absolute Gasteiger partial charge is 0.0936 e. The van der Waals surface area contributed by atoms with Crippen molar-refractivity contribution >= 4 is 0 Å². The molecule has 0 radical (unpaired) electrons. The molecule has 0 aromatic heterocycles. The molecule has 0 N–H and O–H groups in total. The molecule has 2 aliphatic heterocycles. The molecular formula is C10H20N2O. The molecule has 3 heteroatoms. The molecule has 0 aromatic rings. The maximum atomic E-state index is 5.23. The van der Waals surface area contributed by atoms with E-state index in [-0.39, 0.29) is 0 Å². The molecule has 0 unspecified atom stereocenters. The van der Waals surface area contributed by atoms with Gasteiger partial charge >= 0.3 is 0 Å². The van der Waals surface area contributed by atoms with E-state index in [9.17, 15) is 0 Å². The first kappa shape index (κ1) is 9.44. The molecule has 13 heavy (non-hydrogen) atoms. The Hall–Kier alpha value is -0.120. The normalized spacial score (nSPS) is 31.2. The third-order valence-electron chi connectivity index (χ3n) is 3.00. The molecule has 1 atom stereocenters. The molecule has 3 nitrogen and oxygen atoms in total.